The number of para-hydroxylation sites is 2. The van der Waals surface area contributed by atoms with Gasteiger partial charge in [0, 0.05) is 35.9 Å². The molecule has 0 bridgehead atoms. The second-order valence-corrected chi connectivity index (χ2v) is 16.0. The number of aliphatic imine (C=N–C) groups is 2. The van der Waals surface area contributed by atoms with E-state index >= 15 is 0 Å². The molecule has 0 unspecified atom stereocenters. The molecule has 0 spiro atoms. The third kappa shape index (κ3) is 7.07. The van der Waals surface area contributed by atoms with Crippen LogP contribution in [-0.2, 0) is 0 Å². The Labute approximate surface area is 355 Å². The van der Waals surface area contributed by atoms with E-state index in [1.807, 2.05) is 98.8 Å². The summed E-state index contributed by atoms with van der Waals surface area (Å²) in [7, 11) is 0. The maximum atomic E-state index is 14.1. The van der Waals surface area contributed by atoms with Crippen LogP contribution in [0.5, 0.6) is 0 Å². The number of benzene rings is 4. The zero-order valence-corrected chi connectivity index (χ0v) is 34.0. The highest BCUT2D eigenvalue weighted by Crippen LogP contribution is 2.47. The highest BCUT2D eigenvalue weighted by atomic mass is 32.1. The van der Waals surface area contributed by atoms with Gasteiger partial charge in [0.25, 0.3) is 11.8 Å². The number of carbonyl (C=O) groups is 2. The molecule has 13 nitrogen and oxygen atoms in total. The van der Waals surface area contributed by atoms with Crippen molar-refractivity contribution in [3.05, 3.63) is 167 Å². The number of aryl methyl sites for hydroxylation is 2. The zero-order valence-electron chi connectivity index (χ0n) is 32.4. The van der Waals surface area contributed by atoms with E-state index in [2.05, 4.69) is 35.6 Å². The van der Waals surface area contributed by atoms with Gasteiger partial charge in [-0.15, -0.1) is 22.7 Å². The Morgan fingerprint density at radius 1 is 0.574 bits per heavy atom. The molecule has 0 radical (unpaired) electrons. The van der Waals surface area contributed by atoms with Crippen LogP contribution in [-0.4, -0.2) is 58.4 Å². The predicted octanol–water partition coefficient (Wildman–Crippen LogP) is 9.50. The topological polar surface area (TPSA) is 176 Å². The maximum absolute atomic E-state index is 14.1. The average Bonchev–Trinajstić information content (AvgIpc) is 4.07. The molecular formula is C46H31N11O2S2. The van der Waals surface area contributed by atoms with Crippen molar-refractivity contribution in [1.82, 2.24) is 40.2 Å². The molecule has 1 aliphatic heterocycles. The third-order valence-electron chi connectivity index (χ3n) is 9.97. The number of amidine groups is 2. The number of carbonyl (C=O) groups excluding carboxylic acids is 2. The van der Waals surface area contributed by atoms with Gasteiger partial charge in [0.1, 0.15) is 27.5 Å². The molecule has 294 valence electrons. The molecule has 9 aromatic rings. The van der Waals surface area contributed by atoms with Gasteiger partial charge in [-0.1, -0.05) is 60.7 Å². The summed E-state index contributed by atoms with van der Waals surface area (Å²) in [6.07, 6.45) is 6.55. The molecular weight excluding hydrogens is 803 g/mol. The standard InChI is InChI=1S/C46H31N11O2S2/c1-25-13-3-5-15-27(25)43(58)56-41-35(45-51-29-17-7-9-19-31(29)60-45)33(37-47-21-11-22-48-37)39(54-41)53-40-34(38-49-23-12-24-50-38)36(46-52-30-18-8-10-20-32(30)61-46)42(55-40)57-44(59)28-16-6-4-14-26(28)2/h3-24,54H,1-2H3,(H,56,58)(H,53,55,57,59). The number of rotatable bonds is 8. The first-order valence-corrected chi connectivity index (χ1v) is 20.7. The molecule has 3 N–H and O–H groups in total. The number of fused-ring (bicyclic) bond motifs is 2. The number of nitrogens with one attached hydrogen (secondary N) is 3. The number of H-pyrrole nitrogens is 1. The molecule has 2 amide bonds. The summed E-state index contributed by atoms with van der Waals surface area (Å²) in [4.78, 5) is 70.6. The first-order valence-electron chi connectivity index (χ1n) is 19.1. The van der Waals surface area contributed by atoms with Crippen molar-refractivity contribution >= 4 is 89.4 Å². The minimum absolute atomic E-state index is 0.173. The Bertz CT molecular complexity index is 3210. The molecule has 15 heteroatoms. The van der Waals surface area contributed by atoms with E-state index in [4.69, 9.17) is 20.0 Å². The van der Waals surface area contributed by atoms with Crippen LogP contribution in [0.15, 0.2) is 144 Å². The third-order valence-corrected chi connectivity index (χ3v) is 12.1. The molecule has 0 atom stereocenters. The van der Waals surface area contributed by atoms with Crippen LogP contribution in [0.1, 0.15) is 42.7 Å². The van der Waals surface area contributed by atoms with Crippen molar-refractivity contribution in [3.63, 3.8) is 0 Å². The molecule has 0 saturated heterocycles. The predicted molar refractivity (Wildman–Crippen MR) is 241 cm³/mol. The molecule has 1 aliphatic rings. The van der Waals surface area contributed by atoms with Crippen LogP contribution in [0.4, 0.5) is 11.6 Å². The normalized spacial score (nSPS) is 13.3. The first kappa shape index (κ1) is 37.4. The van der Waals surface area contributed by atoms with Crippen molar-refractivity contribution in [2.24, 2.45) is 9.98 Å². The zero-order chi connectivity index (χ0) is 41.5. The van der Waals surface area contributed by atoms with Gasteiger partial charge in [-0.05, 0) is 73.5 Å². The lowest BCUT2D eigenvalue weighted by Crippen LogP contribution is -2.31. The highest BCUT2D eigenvalue weighted by molar-refractivity contribution is 7.21. The Morgan fingerprint density at radius 2 is 1.10 bits per heavy atom. The van der Waals surface area contributed by atoms with Gasteiger partial charge in [-0.3, -0.25) is 9.59 Å². The first-order chi connectivity index (χ1) is 29.9. The molecule has 0 fully saturated rings. The van der Waals surface area contributed by atoms with E-state index in [9.17, 15) is 9.59 Å². The summed E-state index contributed by atoms with van der Waals surface area (Å²) in [5, 5.41) is 7.39. The van der Waals surface area contributed by atoms with Gasteiger partial charge in [-0.25, -0.2) is 39.9 Å². The molecule has 6 heterocycles. The Kier molecular flexibility index (Phi) is 9.63. The van der Waals surface area contributed by atoms with Crippen LogP contribution >= 0.6 is 22.7 Å². The van der Waals surface area contributed by atoms with Gasteiger partial charge in [0.2, 0.25) is 0 Å². The number of aromatic nitrogens is 7. The summed E-state index contributed by atoms with van der Waals surface area (Å²) < 4.78 is 1.89. The molecule has 10 rings (SSSR count). The van der Waals surface area contributed by atoms with E-state index < -0.39 is 0 Å². The summed E-state index contributed by atoms with van der Waals surface area (Å²) in [5.41, 5.74) is 6.09. The fraction of sp³-hybridized carbons (Fsp3) is 0.0435. The van der Waals surface area contributed by atoms with E-state index in [-0.39, 0.29) is 29.3 Å². The second kappa shape index (κ2) is 15.7. The van der Waals surface area contributed by atoms with E-state index in [1.165, 1.54) is 22.7 Å². The molecule has 61 heavy (non-hydrogen) atoms. The van der Waals surface area contributed by atoms with Crippen LogP contribution in [0.25, 0.3) is 53.5 Å². The Hall–Kier alpha value is -7.88. The minimum atomic E-state index is -0.359. The number of aromatic amines is 1. The molecule has 0 aliphatic carbocycles. The fourth-order valence-electron chi connectivity index (χ4n) is 7.07. The minimum Gasteiger partial charge on any atom is -0.325 e. The maximum Gasteiger partial charge on any atom is 0.257 e. The Morgan fingerprint density at radius 3 is 1.70 bits per heavy atom. The number of thiazole rings is 2. The summed E-state index contributed by atoms with van der Waals surface area (Å²) in [6, 6.07) is 33.8. The number of amides is 2. The van der Waals surface area contributed by atoms with Crippen LogP contribution in [0, 0.1) is 13.8 Å². The van der Waals surface area contributed by atoms with Crippen molar-refractivity contribution in [1.29, 1.82) is 0 Å². The smallest absolute Gasteiger partial charge is 0.257 e. The van der Waals surface area contributed by atoms with E-state index in [0.29, 0.717) is 60.9 Å². The van der Waals surface area contributed by atoms with Gasteiger partial charge < -0.3 is 15.6 Å². The monoisotopic (exact) mass is 833 g/mol. The lowest BCUT2D eigenvalue weighted by atomic mass is 10.1. The van der Waals surface area contributed by atoms with Crippen LogP contribution in [0.3, 0.4) is 0 Å². The SMILES string of the molecule is Cc1ccccc1C(=O)NC1=NC(=Nc2[nH]c(NC(=O)c3ccccc3C)c(-c3nc4ccccc4s3)c2-c2ncccn2)C(c2ncccn2)=C1c1nc2ccccc2s1. The largest absolute Gasteiger partial charge is 0.325 e. The van der Waals surface area contributed by atoms with E-state index in [0.717, 1.165) is 31.6 Å². The molecule has 5 aromatic heterocycles. The Balaban J connectivity index is 1.24. The number of anilines is 1. The van der Waals surface area contributed by atoms with Crippen LogP contribution < -0.4 is 10.6 Å². The lowest BCUT2D eigenvalue weighted by molar-refractivity contribution is 0.0975. The highest BCUT2D eigenvalue weighted by Gasteiger charge is 2.34. The van der Waals surface area contributed by atoms with Gasteiger partial charge >= 0.3 is 0 Å². The summed E-state index contributed by atoms with van der Waals surface area (Å²) >= 11 is 2.91. The van der Waals surface area contributed by atoms with Gasteiger partial charge in [-0.2, -0.15) is 0 Å². The van der Waals surface area contributed by atoms with Crippen LogP contribution in [0.2, 0.25) is 0 Å². The van der Waals surface area contributed by atoms with Crippen molar-refractivity contribution in [3.8, 4) is 22.0 Å². The number of hydrogen-bond acceptors (Lipinski definition) is 11. The quantitative estimate of drug-likeness (QED) is 0.136. The summed E-state index contributed by atoms with van der Waals surface area (Å²) in [6.45, 7) is 3.76. The fourth-order valence-corrected chi connectivity index (χ4v) is 9.11. The van der Waals surface area contributed by atoms with Crippen molar-refractivity contribution in [2.45, 2.75) is 13.8 Å². The number of hydrogen-bond donors (Lipinski definition) is 3. The van der Waals surface area contributed by atoms with Crippen molar-refractivity contribution < 1.29 is 9.59 Å². The van der Waals surface area contributed by atoms with Gasteiger partial charge in [0.05, 0.1) is 42.7 Å². The van der Waals surface area contributed by atoms with Crippen molar-refractivity contribution in [2.75, 3.05) is 5.32 Å². The molecule has 0 saturated carbocycles. The van der Waals surface area contributed by atoms with E-state index in [1.54, 1.807) is 49.1 Å². The lowest BCUT2D eigenvalue weighted by Gasteiger charge is -2.10. The average molecular weight is 834 g/mol. The summed E-state index contributed by atoms with van der Waals surface area (Å²) in [5.74, 6) is 0.929. The van der Waals surface area contributed by atoms with Gasteiger partial charge in [0.15, 0.2) is 17.5 Å². The number of nitrogens with zero attached hydrogens (tertiary/aromatic N) is 8. The molecule has 4 aromatic carbocycles. The second-order valence-electron chi connectivity index (χ2n) is 13.9.